The first-order chi connectivity index (χ1) is 13.2. The van der Waals surface area contributed by atoms with Gasteiger partial charge >= 0.3 is 6.03 Å². The second kappa shape index (κ2) is 8.11. The lowest BCUT2D eigenvalue weighted by atomic mass is 10.1. The van der Waals surface area contributed by atoms with Gasteiger partial charge in [-0.15, -0.1) is 0 Å². The molecule has 10 heteroatoms. The molecule has 0 radical (unpaired) electrons. The van der Waals surface area contributed by atoms with E-state index in [9.17, 15) is 18.0 Å². The third-order valence-electron chi connectivity index (χ3n) is 4.51. The molecule has 1 fully saturated rings. The number of nitrogens with zero attached hydrogens (tertiary/aromatic N) is 3. The number of piperidine rings is 1. The number of benzene rings is 1. The highest BCUT2D eigenvalue weighted by Crippen LogP contribution is 2.16. The Hall–Kier alpha value is -2.72. The van der Waals surface area contributed by atoms with Crippen LogP contribution >= 0.6 is 0 Å². The smallest absolute Gasteiger partial charge is 0.321 e. The van der Waals surface area contributed by atoms with Gasteiger partial charge in [0.2, 0.25) is 15.8 Å². The van der Waals surface area contributed by atoms with Gasteiger partial charge in [-0.25, -0.2) is 22.9 Å². The standard InChI is InChI=1S/C18H23N5O4S/c1-22-11-9-19-17(22)16(24)13-5-7-14(8-6-13)20-18(25)23-10-3-4-15(12-23)21-28(2,26)27/h5-9,11,15,21H,3-4,10,12H2,1-2H3,(H,20,25)/t15-/m0/s1. The van der Waals surface area contributed by atoms with Gasteiger partial charge < -0.3 is 14.8 Å². The van der Waals surface area contributed by atoms with Crippen LogP contribution in [0.25, 0.3) is 0 Å². The highest BCUT2D eigenvalue weighted by molar-refractivity contribution is 7.88. The van der Waals surface area contributed by atoms with Gasteiger partial charge in [-0.05, 0) is 37.1 Å². The van der Waals surface area contributed by atoms with Crippen LogP contribution in [0.15, 0.2) is 36.7 Å². The SMILES string of the molecule is Cn1ccnc1C(=O)c1ccc(NC(=O)N2CCC[C@H](NS(C)(=O)=O)C2)cc1. The Kier molecular flexibility index (Phi) is 5.80. The maximum atomic E-state index is 12.5. The fraction of sp³-hybridized carbons (Fsp3) is 0.389. The van der Waals surface area contributed by atoms with Crippen molar-refractivity contribution in [3.63, 3.8) is 0 Å². The number of carbonyl (C=O) groups is 2. The fourth-order valence-corrected chi connectivity index (χ4v) is 3.98. The summed E-state index contributed by atoms with van der Waals surface area (Å²) in [6, 6.07) is 6.00. The van der Waals surface area contributed by atoms with Gasteiger partial charge in [0.05, 0.1) is 6.26 Å². The minimum absolute atomic E-state index is 0.198. The molecule has 1 atom stereocenters. The molecular weight excluding hydrogens is 382 g/mol. The Morgan fingerprint density at radius 1 is 1.21 bits per heavy atom. The van der Waals surface area contributed by atoms with Crippen molar-refractivity contribution < 1.29 is 18.0 Å². The summed E-state index contributed by atoms with van der Waals surface area (Å²) in [6.45, 7) is 0.873. The zero-order valence-corrected chi connectivity index (χ0v) is 16.6. The van der Waals surface area contributed by atoms with Crippen LogP contribution in [0.4, 0.5) is 10.5 Å². The third kappa shape index (κ3) is 4.96. The van der Waals surface area contributed by atoms with E-state index in [4.69, 9.17) is 0 Å². The van der Waals surface area contributed by atoms with Crippen molar-refractivity contribution in [3.8, 4) is 0 Å². The van der Waals surface area contributed by atoms with E-state index in [1.165, 1.54) is 0 Å². The van der Waals surface area contributed by atoms with E-state index in [-0.39, 0.29) is 17.9 Å². The number of aryl methyl sites for hydroxylation is 1. The van der Waals surface area contributed by atoms with Crippen LogP contribution in [-0.4, -0.2) is 60.1 Å². The summed E-state index contributed by atoms with van der Waals surface area (Å²) >= 11 is 0. The van der Waals surface area contributed by atoms with Gasteiger partial charge in [0, 0.05) is 49.8 Å². The molecule has 3 rings (SSSR count). The lowest BCUT2D eigenvalue weighted by Gasteiger charge is -2.32. The number of aromatic nitrogens is 2. The molecule has 1 aromatic carbocycles. The number of nitrogens with one attached hydrogen (secondary N) is 2. The number of carbonyl (C=O) groups excluding carboxylic acids is 2. The fourth-order valence-electron chi connectivity index (χ4n) is 3.18. The molecule has 0 unspecified atom stereocenters. The molecule has 1 aliphatic rings. The molecule has 2 amide bonds. The largest absolute Gasteiger partial charge is 0.331 e. The normalized spacial score (nSPS) is 17.4. The second-order valence-corrected chi connectivity index (χ2v) is 8.65. The van der Waals surface area contributed by atoms with Gasteiger partial charge in [0.25, 0.3) is 0 Å². The number of anilines is 1. The third-order valence-corrected chi connectivity index (χ3v) is 5.27. The van der Waals surface area contributed by atoms with Gasteiger partial charge in [-0.1, -0.05) is 0 Å². The minimum atomic E-state index is -3.31. The number of likely N-dealkylation sites (tertiary alicyclic amines) is 1. The van der Waals surface area contributed by atoms with Gasteiger partial charge in [0.1, 0.15) is 0 Å². The number of imidazole rings is 1. The average Bonchev–Trinajstić information content (AvgIpc) is 3.06. The molecule has 0 aliphatic carbocycles. The van der Waals surface area contributed by atoms with Crippen LogP contribution in [0.3, 0.4) is 0 Å². The summed E-state index contributed by atoms with van der Waals surface area (Å²) in [5.74, 6) is 0.144. The van der Waals surface area contributed by atoms with Crippen LogP contribution < -0.4 is 10.0 Å². The summed E-state index contributed by atoms with van der Waals surface area (Å²) in [4.78, 5) is 30.5. The number of hydrogen-bond donors (Lipinski definition) is 2. The van der Waals surface area contributed by atoms with Crippen molar-refractivity contribution in [1.82, 2.24) is 19.2 Å². The number of rotatable bonds is 5. The Labute approximate surface area is 163 Å². The molecule has 2 N–H and O–H groups in total. The molecule has 1 aromatic heterocycles. The monoisotopic (exact) mass is 405 g/mol. The lowest BCUT2D eigenvalue weighted by Crippen LogP contribution is -2.50. The molecule has 1 aliphatic heterocycles. The summed E-state index contributed by atoms with van der Waals surface area (Å²) in [5, 5.41) is 2.78. The van der Waals surface area contributed by atoms with E-state index >= 15 is 0 Å². The van der Waals surface area contributed by atoms with Gasteiger partial charge in [-0.2, -0.15) is 0 Å². The summed E-state index contributed by atoms with van der Waals surface area (Å²) in [7, 11) is -1.56. The molecular formula is C18H23N5O4S. The second-order valence-electron chi connectivity index (χ2n) is 6.87. The molecule has 0 bridgehead atoms. The summed E-state index contributed by atoms with van der Waals surface area (Å²) in [6.07, 6.45) is 5.79. The van der Waals surface area contributed by atoms with Crippen molar-refractivity contribution in [1.29, 1.82) is 0 Å². The first kappa shape index (κ1) is 20.0. The van der Waals surface area contributed by atoms with Crippen molar-refractivity contribution in [3.05, 3.63) is 48.0 Å². The van der Waals surface area contributed by atoms with Crippen molar-refractivity contribution in [2.24, 2.45) is 7.05 Å². The topological polar surface area (TPSA) is 113 Å². The van der Waals surface area contributed by atoms with E-state index in [0.717, 1.165) is 12.7 Å². The van der Waals surface area contributed by atoms with Crippen molar-refractivity contribution in [2.45, 2.75) is 18.9 Å². The van der Waals surface area contributed by atoms with E-state index < -0.39 is 10.0 Å². The predicted molar refractivity (Wildman–Crippen MR) is 105 cm³/mol. The molecule has 1 saturated heterocycles. The van der Waals surface area contributed by atoms with E-state index in [0.29, 0.717) is 36.6 Å². The van der Waals surface area contributed by atoms with E-state index in [2.05, 4.69) is 15.0 Å². The molecule has 9 nitrogen and oxygen atoms in total. The molecule has 0 spiro atoms. The van der Waals surface area contributed by atoms with Crippen LogP contribution in [0.2, 0.25) is 0 Å². The summed E-state index contributed by atoms with van der Waals surface area (Å²) < 4.78 is 27.0. The Morgan fingerprint density at radius 3 is 2.54 bits per heavy atom. The molecule has 2 heterocycles. The van der Waals surface area contributed by atoms with Crippen molar-refractivity contribution in [2.75, 3.05) is 24.7 Å². The predicted octanol–water partition coefficient (Wildman–Crippen LogP) is 1.20. The Bertz CT molecular complexity index is 968. The summed E-state index contributed by atoms with van der Waals surface area (Å²) in [5.41, 5.74) is 1.03. The molecule has 28 heavy (non-hydrogen) atoms. The van der Waals surface area contributed by atoms with Crippen LogP contribution in [0, 0.1) is 0 Å². The van der Waals surface area contributed by atoms with Crippen LogP contribution in [0.1, 0.15) is 29.0 Å². The van der Waals surface area contributed by atoms with Crippen LogP contribution in [0.5, 0.6) is 0 Å². The molecule has 0 saturated carbocycles. The van der Waals surface area contributed by atoms with E-state index in [1.54, 1.807) is 53.2 Å². The number of urea groups is 1. The zero-order valence-electron chi connectivity index (χ0n) is 15.8. The quantitative estimate of drug-likeness (QED) is 0.726. The highest BCUT2D eigenvalue weighted by atomic mass is 32.2. The maximum absolute atomic E-state index is 12.5. The number of ketones is 1. The lowest BCUT2D eigenvalue weighted by molar-refractivity contribution is 0.102. The van der Waals surface area contributed by atoms with Crippen molar-refractivity contribution >= 4 is 27.5 Å². The molecule has 150 valence electrons. The van der Waals surface area contributed by atoms with Gasteiger partial charge in [0.15, 0.2) is 5.82 Å². The molecule has 2 aromatic rings. The van der Waals surface area contributed by atoms with E-state index in [1.807, 2.05) is 0 Å². The Morgan fingerprint density at radius 2 is 1.93 bits per heavy atom. The Balaban J connectivity index is 1.61. The number of amides is 2. The first-order valence-corrected chi connectivity index (χ1v) is 10.8. The maximum Gasteiger partial charge on any atom is 0.321 e. The number of hydrogen-bond acceptors (Lipinski definition) is 5. The zero-order chi connectivity index (χ0) is 20.3. The van der Waals surface area contributed by atoms with Gasteiger partial charge in [-0.3, -0.25) is 4.79 Å². The average molecular weight is 405 g/mol. The highest BCUT2D eigenvalue weighted by Gasteiger charge is 2.25. The number of sulfonamides is 1. The van der Waals surface area contributed by atoms with Crippen LogP contribution in [-0.2, 0) is 17.1 Å². The minimum Gasteiger partial charge on any atom is -0.331 e. The first-order valence-electron chi connectivity index (χ1n) is 8.88.